The van der Waals surface area contributed by atoms with Crippen molar-refractivity contribution in [2.45, 2.75) is 56.6 Å². The van der Waals surface area contributed by atoms with Crippen molar-refractivity contribution >= 4 is 28.9 Å². The van der Waals surface area contributed by atoms with Gasteiger partial charge in [-0.25, -0.2) is 0 Å². The van der Waals surface area contributed by atoms with Crippen LogP contribution >= 0.6 is 11.8 Å². The van der Waals surface area contributed by atoms with E-state index in [0.717, 1.165) is 28.0 Å². The zero-order valence-corrected chi connectivity index (χ0v) is 24.9. The predicted molar refractivity (Wildman–Crippen MR) is 164 cm³/mol. The zero-order chi connectivity index (χ0) is 30.1. The first-order chi connectivity index (χ1) is 20.2. The maximum atomic E-state index is 13.7. The van der Waals surface area contributed by atoms with Crippen LogP contribution < -0.4 is 15.4 Å². The lowest BCUT2D eigenvalue weighted by molar-refractivity contribution is -0.384. The number of nitrogens with two attached hydrogens (primary N) is 1. The second-order valence-electron chi connectivity index (χ2n) is 10.6. The largest absolute Gasteiger partial charge is 0.496 e. The van der Waals surface area contributed by atoms with Crippen molar-refractivity contribution in [3.8, 4) is 11.8 Å². The number of hydrogen-bond acceptors (Lipinski definition) is 8. The number of carbonyl (C=O) groups excluding carboxylic acids is 1. The summed E-state index contributed by atoms with van der Waals surface area (Å²) in [6.45, 7) is 6.15. The number of nitro benzene ring substituents is 1. The topological polar surface area (TPSA) is 122 Å². The molecular weight excluding hydrogens is 548 g/mol. The second kappa shape index (κ2) is 11.7. The van der Waals surface area contributed by atoms with E-state index in [9.17, 15) is 20.2 Å². The van der Waals surface area contributed by atoms with Crippen molar-refractivity contribution in [2.24, 2.45) is 5.73 Å². The van der Waals surface area contributed by atoms with Crippen LogP contribution in [0.25, 0.3) is 0 Å². The first kappa shape index (κ1) is 29.0. The number of ether oxygens (including phenoxy) is 1. The van der Waals surface area contributed by atoms with E-state index in [0.29, 0.717) is 36.3 Å². The summed E-state index contributed by atoms with van der Waals surface area (Å²) >= 11 is 1.75. The third kappa shape index (κ3) is 5.14. The molecule has 1 aliphatic heterocycles. The summed E-state index contributed by atoms with van der Waals surface area (Å²) in [6, 6.07) is 19.2. The Bertz CT molecular complexity index is 1720. The maximum absolute atomic E-state index is 13.7. The van der Waals surface area contributed by atoms with Crippen LogP contribution in [-0.4, -0.2) is 17.8 Å². The van der Waals surface area contributed by atoms with Crippen LogP contribution in [0.5, 0.6) is 5.75 Å². The van der Waals surface area contributed by atoms with Gasteiger partial charge < -0.3 is 10.5 Å². The predicted octanol–water partition coefficient (Wildman–Crippen LogP) is 7.13. The molecule has 0 bridgehead atoms. The van der Waals surface area contributed by atoms with Gasteiger partial charge in [0.05, 0.1) is 35.7 Å². The Morgan fingerprint density at radius 3 is 2.55 bits per heavy atom. The van der Waals surface area contributed by atoms with Gasteiger partial charge in [-0.05, 0) is 79.6 Å². The summed E-state index contributed by atoms with van der Waals surface area (Å²) < 4.78 is 5.22. The Kier molecular flexibility index (Phi) is 8.10. The van der Waals surface area contributed by atoms with Gasteiger partial charge >= 0.3 is 0 Å². The highest BCUT2D eigenvalue weighted by atomic mass is 32.2. The third-order valence-corrected chi connectivity index (χ3v) is 9.27. The van der Waals surface area contributed by atoms with E-state index in [1.807, 2.05) is 19.1 Å². The summed E-state index contributed by atoms with van der Waals surface area (Å²) in [5.74, 6) is 0.415. The number of methoxy groups -OCH3 is 1. The first-order valence-electron chi connectivity index (χ1n) is 13.7. The molecule has 0 fully saturated rings. The lowest BCUT2D eigenvalue weighted by atomic mass is 9.74. The van der Waals surface area contributed by atoms with Crippen LogP contribution in [0.3, 0.4) is 0 Å². The van der Waals surface area contributed by atoms with E-state index in [4.69, 9.17) is 10.5 Å². The molecule has 0 saturated heterocycles. The fraction of sp³-hybridized carbons (Fsp3) is 0.273. The van der Waals surface area contributed by atoms with Crippen molar-refractivity contribution in [1.29, 1.82) is 5.26 Å². The fourth-order valence-electron chi connectivity index (χ4n) is 5.89. The number of thioether (sulfide) groups is 1. The minimum absolute atomic E-state index is 0.0709. The Hall–Kier alpha value is -4.55. The summed E-state index contributed by atoms with van der Waals surface area (Å²) in [5.41, 5.74) is 13.3. The molecule has 42 heavy (non-hydrogen) atoms. The number of Topliss-reactive ketones (excluding diaryl/α,β-unsaturated/α-hetero) is 1. The quantitative estimate of drug-likeness (QED) is 0.178. The standard InChI is InChI=1S/C33H32N4O4S/c1-19-8-5-6-11-30(19)42-18-22-15-24(21(3)14-20(22)2)31-25(17-34)33(35)36(27-9-7-10-29(38)32(27)31)26-13-12-23(41-4)16-28(26)37(39)40/h5-6,8,11-16,31H,7,9-10,18,35H2,1-4H3. The molecule has 0 amide bonds. The average molecular weight is 581 g/mol. The number of nitrogens with zero attached hydrogens (tertiary/aromatic N) is 3. The van der Waals surface area contributed by atoms with Gasteiger partial charge in [-0.1, -0.05) is 30.3 Å². The van der Waals surface area contributed by atoms with E-state index >= 15 is 0 Å². The van der Waals surface area contributed by atoms with Crippen molar-refractivity contribution in [1.82, 2.24) is 0 Å². The smallest absolute Gasteiger partial charge is 0.296 e. The highest BCUT2D eigenvalue weighted by Gasteiger charge is 2.42. The van der Waals surface area contributed by atoms with Gasteiger partial charge in [-0.3, -0.25) is 19.8 Å². The lowest BCUT2D eigenvalue weighted by Crippen LogP contribution is -2.39. The zero-order valence-electron chi connectivity index (χ0n) is 24.1. The molecule has 3 aromatic rings. The minimum atomic E-state index is -0.658. The molecule has 1 unspecified atom stereocenters. The number of allylic oxidation sites excluding steroid dienone is 3. The fourth-order valence-corrected chi connectivity index (χ4v) is 6.99. The number of rotatable bonds is 7. The number of hydrogen-bond donors (Lipinski definition) is 1. The minimum Gasteiger partial charge on any atom is -0.496 e. The van der Waals surface area contributed by atoms with Gasteiger partial charge in [0.1, 0.15) is 17.3 Å². The molecule has 9 heteroatoms. The Labute approximate surface area is 249 Å². The summed E-state index contributed by atoms with van der Waals surface area (Å²) in [4.78, 5) is 28.0. The van der Waals surface area contributed by atoms with Crippen LogP contribution in [0.15, 0.2) is 82.2 Å². The highest BCUT2D eigenvalue weighted by Crippen LogP contribution is 2.49. The van der Waals surface area contributed by atoms with E-state index in [-0.39, 0.29) is 28.6 Å². The summed E-state index contributed by atoms with van der Waals surface area (Å²) in [6.07, 6.45) is 1.43. The third-order valence-electron chi connectivity index (χ3n) is 8.05. The van der Waals surface area contributed by atoms with Crippen molar-refractivity contribution in [2.75, 3.05) is 12.0 Å². The van der Waals surface area contributed by atoms with Crippen molar-refractivity contribution in [3.05, 3.63) is 115 Å². The highest BCUT2D eigenvalue weighted by molar-refractivity contribution is 7.98. The van der Waals surface area contributed by atoms with Gasteiger partial charge in [-0.2, -0.15) is 5.26 Å². The van der Waals surface area contributed by atoms with Crippen LogP contribution in [0.1, 0.15) is 53.0 Å². The monoisotopic (exact) mass is 580 g/mol. The molecule has 8 nitrogen and oxygen atoms in total. The van der Waals surface area contributed by atoms with E-state index in [2.05, 4.69) is 44.2 Å². The molecule has 1 aliphatic carbocycles. The average Bonchev–Trinajstić information content (AvgIpc) is 2.97. The van der Waals surface area contributed by atoms with Crippen LogP contribution in [0.4, 0.5) is 11.4 Å². The van der Waals surface area contributed by atoms with Crippen LogP contribution in [0, 0.1) is 42.2 Å². The molecule has 214 valence electrons. The molecule has 3 aromatic carbocycles. The number of aryl methyl sites for hydroxylation is 3. The number of nitriles is 1. The summed E-state index contributed by atoms with van der Waals surface area (Å²) in [7, 11) is 1.43. The van der Waals surface area contributed by atoms with Crippen LogP contribution in [0.2, 0.25) is 0 Å². The SMILES string of the molecule is COc1ccc(N2C(N)=C(C#N)C(c3cc(CSc4ccccc4C)c(C)cc3C)C3=C2CCCC3=O)c([N+](=O)[O-])c1. The molecule has 1 atom stereocenters. The molecular formula is C33H32N4O4S. The Morgan fingerprint density at radius 2 is 1.86 bits per heavy atom. The molecule has 0 spiro atoms. The second-order valence-corrected chi connectivity index (χ2v) is 11.6. The molecule has 0 aromatic heterocycles. The molecule has 2 aliphatic rings. The first-order valence-corrected chi connectivity index (χ1v) is 14.7. The van der Waals surface area contributed by atoms with Gasteiger partial charge in [0.15, 0.2) is 5.78 Å². The number of nitro groups is 1. The normalized spacial score (nSPS) is 16.8. The molecule has 5 rings (SSSR count). The summed E-state index contributed by atoms with van der Waals surface area (Å²) in [5, 5.41) is 22.6. The molecule has 0 radical (unpaired) electrons. The van der Waals surface area contributed by atoms with E-state index in [1.54, 1.807) is 23.9 Å². The van der Waals surface area contributed by atoms with E-state index < -0.39 is 10.8 Å². The van der Waals surface area contributed by atoms with Gasteiger partial charge in [0.25, 0.3) is 5.69 Å². The number of ketones is 1. The number of anilines is 1. The van der Waals surface area contributed by atoms with Crippen molar-refractivity contribution in [3.63, 3.8) is 0 Å². The van der Waals surface area contributed by atoms with E-state index in [1.165, 1.54) is 28.5 Å². The molecule has 1 heterocycles. The van der Waals surface area contributed by atoms with Crippen molar-refractivity contribution < 1.29 is 14.5 Å². The lowest BCUT2D eigenvalue weighted by Gasteiger charge is -2.39. The molecule has 0 saturated carbocycles. The van der Waals surface area contributed by atoms with Gasteiger partial charge in [-0.15, -0.1) is 11.8 Å². The Morgan fingerprint density at radius 1 is 1.10 bits per heavy atom. The number of benzene rings is 3. The maximum Gasteiger partial charge on any atom is 0.296 e. The van der Waals surface area contributed by atoms with Crippen LogP contribution in [-0.2, 0) is 10.5 Å². The number of carbonyl (C=O) groups is 1. The van der Waals surface area contributed by atoms with Gasteiger partial charge in [0.2, 0.25) is 0 Å². The van der Waals surface area contributed by atoms with Gasteiger partial charge in [0, 0.05) is 28.3 Å². The Balaban J connectivity index is 1.67. The molecule has 2 N–H and O–H groups in total.